The minimum Gasteiger partial charge on any atom is -0.488 e. The minimum atomic E-state index is -0.400. The number of rotatable bonds is 14. The van der Waals surface area contributed by atoms with Crippen molar-refractivity contribution in [2.24, 2.45) is 11.8 Å². The molecule has 6 heteroatoms. The Kier molecular flexibility index (Phi) is 11.1. The Hall–Kier alpha value is -3.28. The standard InChI is InChI=1S/C35H48O6/c1-10-35(8,9)26-15-16-29-30(19-26)34(39-21-25(7)41-32(37)18-23(4)5)28-14-12-11-13-27(28)33(29)38-20-24(6)40-31(36)17-22(2)3/h11-16,19,22-25H,10,17-18,20-21H2,1-9H3. The van der Waals surface area contributed by atoms with E-state index in [1.165, 1.54) is 5.56 Å². The summed E-state index contributed by atoms with van der Waals surface area (Å²) in [6.45, 7) is 18.8. The van der Waals surface area contributed by atoms with Crippen LogP contribution < -0.4 is 9.47 Å². The van der Waals surface area contributed by atoms with E-state index in [2.05, 4.69) is 39.0 Å². The predicted molar refractivity (Wildman–Crippen MR) is 166 cm³/mol. The zero-order valence-corrected chi connectivity index (χ0v) is 26.3. The summed E-state index contributed by atoms with van der Waals surface area (Å²) in [5.74, 6) is 1.50. The summed E-state index contributed by atoms with van der Waals surface area (Å²) in [4.78, 5) is 24.5. The number of esters is 2. The zero-order valence-electron chi connectivity index (χ0n) is 26.3. The van der Waals surface area contributed by atoms with Gasteiger partial charge in [0.1, 0.15) is 36.9 Å². The van der Waals surface area contributed by atoms with Crippen LogP contribution in [0, 0.1) is 11.8 Å². The maximum atomic E-state index is 12.3. The molecule has 0 saturated carbocycles. The second kappa shape index (κ2) is 14.1. The Balaban J connectivity index is 2.03. The summed E-state index contributed by atoms with van der Waals surface area (Å²) < 4.78 is 24.1. The third kappa shape index (κ3) is 8.61. The van der Waals surface area contributed by atoms with Crippen molar-refractivity contribution in [3.63, 3.8) is 0 Å². The van der Waals surface area contributed by atoms with Crippen molar-refractivity contribution in [3.05, 3.63) is 48.0 Å². The third-order valence-corrected chi connectivity index (χ3v) is 7.33. The Morgan fingerprint density at radius 2 is 1.12 bits per heavy atom. The normalized spacial score (nSPS) is 13.4. The van der Waals surface area contributed by atoms with Crippen LogP contribution in [-0.2, 0) is 24.5 Å². The van der Waals surface area contributed by atoms with E-state index in [1.807, 2.05) is 65.8 Å². The summed E-state index contributed by atoms with van der Waals surface area (Å²) in [7, 11) is 0. The van der Waals surface area contributed by atoms with Crippen molar-refractivity contribution in [1.82, 2.24) is 0 Å². The van der Waals surface area contributed by atoms with Gasteiger partial charge >= 0.3 is 11.9 Å². The van der Waals surface area contributed by atoms with Gasteiger partial charge in [-0.15, -0.1) is 0 Å². The molecule has 0 radical (unpaired) electrons. The highest BCUT2D eigenvalue weighted by atomic mass is 16.6. The van der Waals surface area contributed by atoms with E-state index in [-0.39, 0.29) is 42.4 Å². The topological polar surface area (TPSA) is 71.1 Å². The van der Waals surface area contributed by atoms with Crippen LogP contribution in [0.1, 0.15) is 87.1 Å². The van der Waals surface area contributed by atoms with Crippen molar-refractivity contribution in [2.45, 2.75) is 99.2 Å². The van der Waals surface area contributed by atoms with E-state index in [0.717, 1.165) is 39.5 Å². The van der Waals surface area contributed by atoms with E-state index < -0.39 is 12.2 Å². The van der Waals surface area contributed by atoms with Gasteiger partial charge in [0, 0.05) is 34.4 Å². The molecule has 0 spiro atoms. The number of ether oxygens (including phenoxy) is 4. The van der Waals surface area contributed by atoms with Gasteiger partial charge in [-0.2, -0.15) is 0 Å². The lowest BCUT2D eigenvalue weighted by atomic mass is 9.81. The van der Waals surface area contributed by atoms with E-state index >= 15 is 0 Å². The van der Waals surface area contributed by atoms with Crippen LogP contribution in [-0.4, -0.2) is 37.4 Å². The fourth-order valence-corrected chi connectivity index (χ4v) is 4.72. The van der Waals surface area contributed by atoms with Gasteiger partial charge in [-0.25, -0.2) is 0 Å². The highest BCUT2D eigenvalue weighted by Crippen LogP contribution is 2.44. The quantitative estimate of drug-likeness (QED) is 0.145. The predicted octanol–water partition coefficient (Wildman–Crippen LogP) is 8.39. The number of carbonyl (C=O) groups is 2. The van der Waals surface area contributed by atoms with Crippen molar-refractivity contribution < 1.29 is 28.5 Å². The maximum absolute atomic E-state index is 12.3. The van der Waals surface area contributed by atoms with Crippen LogP contribution in [0.4, 0.5) is 0 Å². The zero-order chi connectivity index (χ0) is 30.3. The van der Waals surface area contributed by atoms with Gasteiger partial charge in [-0.05, 0) is 49.1 Å². The molecule has 0 saturated heterocycles. The van der Waals surface area contributed by atoms with Gasteiger partial charge in [0.2, 0.25) is 0 Å². The molecule has 2 atom stereocenters. The summed E-state index contributed by atoms with van der Waals surface area (Å²) >= 11 is 0. The lowest BCUT2D eigenvalue weighted by molar-refractivity contribution is -0.151. The number of carbonyl (C=O) groups excluding carboxylic acids is 2. The SMILES string of the molecule is CCC(C)(C)c1ccc2c(OCC(C)OC(=O)CC(C)C)c3ccccc3c(OCC(C)OC(=O)CC(C)C)c2c1. The fraction of sp³-hybridized carbons (Fsp3) is 0.543. The minimum absolute atomic E-state index is 0.0308. The van der Waals surface area contributed by atoms with Crippen LogP contribution in [0.3, 0.4) is 0 Å². The molecule has 3 aromatic carbocycles. The van der Waals surface area contributed by atoms with Gasteiger partial charge in [-0.3, -0.25) is 9.59 Å². The Morgan fingerprint density at radius 3 is 1.56 bits per heavy atom. The maximum Gasteiger partial charge on any atom is 0.306 e. The molecule has 0 bridgehead atoms. The average Bonchev–Trinajstić information content (AvgIpc) is 2.89. The smallest absolute Gasteiger partial charge is 0.306 e. The summed E-state index contributed by atoms with van der Waals surface area (Å²) in [6.07, 6.45) is 0.938. The number of benzene rings is 3. The second-order valence-electron chi connectivity index (χ2n) is 12.6. The van der Waals surface area contributed by atoms with Crippen molar-refractivity contribution in [3.8, 4) is 11.5 Å². The number of fused-ring (bicyclic) bond motifs is 2. The van der Waals surface area contributed by atoms with Gasteiger partial charge in [0.15, 0.2) is 0 Å². The molecular formula is C35H48O6. The molecule has 0 aliphatic carbocycles. The molecule has 0 aliphatic rings. The summed E-state index contributed by atoms with van der Waals surface area (Å²) in [6, 6.07) is 14.4. The van der Waals surface area contributed by atoms with Crippen molar-refractivity contribution in [1.29, 1.82) is 0 Å². The van der Waals surface area contributed by atoms with Gasteiger partial charge < -0.3 is 18.9 Å². The molecule has 41 heavy (non-hydrogen) atoms. The number of hydrogen-bond acceptors (Lipinski definition) is 6. The van der Waals surface area contributed by atoms with Crippen LogP contribution in [0.15, 0.2) is 42.5 Å². The summed E-state index contributed by atoms with van der Waals surface area (Å²) in [5, 5.41) is 3.66. The van der Waals surface area contributed by atoms with Gasteiger partial charge in [0.25, 0.3) is 0 Å². The highest BCUT2D eigenvalue weighted by molar-refractivity contribution is 6.11. The van der Waals surface area contributed by atoms with Crippen LogP contribution >= 0.6 is 0 Å². The van der Waals surface area contributed by atoms with Gasteiger partial charge in [0.05, 0.1) is 0 Å². The molecular weight excluding hydrogens is 516 g/mol. The first-order chi connectivity index (χ1) is 19.3. The van der Waals surface area contributed by atoms with E-state index in [9.17, 15) is 9.59 Å². The van der Waals surface area contributed by atoms with Crippen molar-refractivity contribution >= 4 is 33.5 Å². The molecule has 0 heterocycles. The molecule has 0 aliphatic heterocycles. The first kappa shape index (κ1) is 32.2. The van der Waals surface area contributed by atoms with E-state index in [4.69, 9.17) is 18.9 Å². The second-order valence-corrected chi connectivity index (χ2v) is 12.6. The largest absolute Gasteiger partial charge is 0.488 e. The molecule has 0 amide bonds. The monoisotopic (exact) mass is 564 g/mol. The lowest BCUT2D eigenvalue weighted by Crippen LogP contribution is -2.23. The van der Waals surface area contributed by atoms with Crippen LogP contribution in [0.2, 0.25) is 0 Å². The molecule has 224 valence electrons. The molecule has 2 unspecified atom stereocenters. The fourth-order valence-electron chi connectivity index (χ4n) is 4.72. The van der Waals surface area contributed by atoms with Crippen LogP contribution in [0.25, 0.3) is 21.5 Å². The lowest BCUT2D eigenvalue weighted by Gasteiger charge is -2.26. The molecule has 3 aromatic rings. The Labute approximate surface area is 245 Å². The van der Waals surface area contributed by atoms with Crippen molar-refractivity contribution in [2.75, 3.05) is 13.2 Å². The first-order valence-corrected chi connectivity index (χ1v) is 15.0. The summed E-state index contributed by atoms with van der Waals surface area (Å²) in [5.41, 5.74) is 1.17. The van der Waals surface area contributed by atoms with Crippen LogP contribution in [0.5, 0.6) is 11.5 Å². The Bertz CT molecular complexity index is 1340. The molecule has 6 nitrogen and oxygen atoms in total. The van der Waals surface area contributed by atoms with E-state index in [0.29, 0.717) is 12.8 Å². The third-order valence-electron chi connectivity index (χ3n) is 7.33. The van der Waals surface area contributed by atoms with E-state index in [1.54, 1.807) is 0 Å². The first-order valence-electron chi connectivity index (χ1n) is 15.0. The average molecular weight is 565 g/mol. The van der Waals surface area contributed by atoms with Gasteiger partial charge in [-0.1, -0.05) is 84.9 Å². The highest BCUT2D eigenvalue weighted by Gasteiger charge is 2.23. The number of hydrogen-bond donors (Lipinski definition) is 0. The molecule has 0 N–H and O–H groups in total. The molecule has 3 rings (SSSR count). The Morgan fingerprint density at radius 1 is 0.683 bits per heavy atom. The molecule has 0 fully saturated rings. The molecule has 0 aromatic heterocycles.